The normalized spacial score (nSPS) is 19.9. The Labute approximate surface area is 163 Å². The van der Waals surface area contributed by atoms with Crippen molar-refractivity contribution in [3.63, 3.8) is 0 Å². The lowest BCUT2D eigenvalue weighted by Crippen LogP contribution is -2.32. The number of halogens is 1. The number of rotatable bonds is 2. The molecule has 2 aromatic carbocycles. The first-order valence-corrected chi connectivity index (χ1v) is 9.80. The molecule has 1 atom stereocenters. The third kappa shape index (κ3) is 2.80. The minimum atomic E-state index is -0.193. The van der Waals surface area contributed by atoms with Crippen LogP contribution in [0.5, 0.6) is 0 Å². The predicted octanol–water partition coefficient (Wildman–Crippen LogP) is 4.63. The van der Waals surface area contributed by atoms with Gasteiger partial charge in [-0.2, -0.15) is 9.78 Å². The average molecular weight is 378 g/mol. The lowest BCUT2D eigenvalue weighted by Gasteiger charge is -2.28. The molecule has 0 N–H and O–H groups in total. The molecule has 0 aliphatic carbocycles. The van der Waals surface area contributed by atoms with Gasteiger partial charge in [0.1, 0.15) is 0 Å². The monoisotopic (exact) mass is 377 g/mol. The molecule has 1 fully saturated rings. The van der Waals surface area contributed by atoms with E-state index in [4.69, 9.17) is 16.7 Å². The van der Waals surface area contributed by atoms with Gasteiger partial charge in [0.15, 0.2) is 0 Å². The molecule has 27 heavy (non-hydrogen) atoms. The Kier molecular flexibility index (Phi) is 4.10. The Balaban J connectivity index is 1.61. The van der Waals surface area contributed by atoms with Crippen molar-refractivity contribution < 1.29 is 4.79 Å². The summed E-state index contributed by atoms with van der Waals surface area (Å²) >= 11 is 6.26. The molecule has 1 saturated heterocycles. The summed E-state index contributed by atoms with van der Waals surface area (Å²) in [5.41, 5.74) is 3.48. The van der Waals surface area contributed by atoms with Crippen LogP contribution in [0.4, 0.5) is 0 Å². The first-order chi connectivity index (χ1) is 13.2. The average Bonchev–Trinajstić information content (AvgIpc) is 3.32. The first-order valence-electron chi connectivity index (χ1n) is 9.43. The van der Waals surface area contributed by atoms with Crippen LogP contribution in [-0.4, -0.2) is 39.7 Å². The van der Waals surface area contributed by atoms with Gasteiger partial charge in [-0.3, -0.25) is 9.69 Å². The van der Waals surface area contributed by atoms with Gasteiger partial charge in [-0.1, -0.05) is 48.0 Å². The molecule has 5 rings (SSSR count). The fourth-order valence-corrected chi connectivity index (χ4v) is 4.55. The smallest absolute Gasteiger partial charge is 0.280 e. The highest BCUT2D eigenvalue weighted by atomic mass is 35.5. The van der Waals surface area contributed by atoms with E-state index < -0.39 is 0 Å². The largest absolute Gasteiger partial charge is 0.296 e. The molecular weight excluding hydrogens is 358 g/mol. The third-order valence-electron chi connectivity index (χ3n) is 5.71. The van der Waals surface area contributed by atoms with Crippen LogP contribution in [0.2, 0.25) is 5.02 Å². The summed E-state index contributed by atoms with van der Waals surface area (Å²) in [6, 6.07) is 15.7. The van der Waals surface area contributed by atoms with E-state index in [0.29, 0.717) is 16.6 Å². The van der Waals surface area contributed by atoms with Crippen molar-refractivity contribution in [1.82, 2.24) is 14.7 Å². The van der Waals surface area contributed by atoms with Crippen molar-refractivity contribution in [2.24, 2.45) is 0 Å². The lowest BCUT2D eigenvalue weighted by atomic mass is 9.96. The molecule has 1 aromatic heterocycles. The quantitative estimate of drug-likeness (QED) is 0.653. The van der Waals surface area contributed by atoms with Crippen molar-refractivity contribution in [2.45, 2.75) is 25.3 Å². The standard InChI is InChI=1S/C22H20ClN3O/c23-19-9-3-1-7-17(19)22(27)26-20-10-4-2-8-18(20)21(24-26)15-11-13-25-12-5-6-16(25)14-15/h1-4,7-11,16H,5-6,12-14H2. The van der Waals surface area contributed by atoms with E-state index in [2.05, 4.69) is 17.0 Å². The number of fused-ring (bicyclic) bond motifs is 2. The Morgan fingerprint density at radius 1 is 1.11 bits per heavy atom. The van der Waals surface area contributed by atoms with Crippen LogP contribution in [0.1, 0.15) is 35.3 Å². The zero-order valence-electron chi connectivity index (χ0n) is 14.9. The summed E-state index contributed by atoms with van der Waals surface area (Å²) in [4.78, 5) is 15.7. The van der Waals surface area contributed by atoms with Crippen molar-refractivity contribution >= 4 is 34.0 Å². The second-order valence-electron chi connectivity index (χ2n) is 7.29. The molecule has 4 nitrogen and oxygen atoms in total. The molecular formula is C22H20ClN3O. The summed E-state index contributed by atoms with van der Waals surface area (Å²) in [5.74, 6) is -0.193. The molecule has 0 bridgehead atoms. The first kappa shape index (κ1) is 16.7. The maximum atomic E-state index is 13.1. The maximum absolute atomic E-state index is 13.1. The Morgan fingerprint density at radius 3 is 2.81 bits per heavy atom. The van der Waals surface area contributed by atoms with Gasteiger partial charge in [-0.05, 0) is 49.6 Å². The minimum absolute atomic E-state index is 0.193. The second-order valence-corrected chi connectivity index (χ2v) is 7.69. The Morgan fingerprint density at radius 2 is 1.93 bits per heavy atom. The highest BCUT2D eigenvalue weighted by Gasteiger charge is 2.30. The Bertz CT molecular complexity index is 1070. The van der Waals surface area contributed by atoms with E-state index in [1.165, 1.54) is 29.6 Å². The summed E-state index contributed by atoms with van der Waals surface area (Å²) in [7, 11) is 0. The van der Waals surface area contributed by atoms with Crippen LogP contribution in [0.3, 0.4) is 0 Å². The van der Waals surface area contributed by atoms with Crippen LogP contribution in [0.25, 0.3) is 16.5 Å². The van der Waals surface area contributed by atoms with Gasteiger partial charge in [0.25, 0.3) is 5.91 Å². The molecule has 0 saturated carbocycles. The molecule has 3 aromatic rings. The molecule has 5 heteroatoms. The molecule has 1 unspecified atom stereocenters. The van der Waals surface area contributed by atoms with Gasteiger partial charge < -0.3 is 0 Å². The number of benzene rings is 2. The van der Waals surface area contributed by atoms with Crippen LogP contribution in [-0.2, 0) is 0 Å². The summed E-state index contributed by atoms with van der Waals surface area (Å²) < 4.78 is 1.51. The highest BCUT2D eigenvalue weighted by Crippen LogP contribution is 2.35. The SMILES string of the molecule is O=C(c1ccccc1Cl)n1nc(C2=CCN3CCCC3C2)c2ccccc21. The van der Waals surface area contributed by atoms with E-state index >= 15 is 0 Å². The van der Waals surface area contributed by atoms with Crippen LogP contribution >= 0.6 is 11.6 Å². The minimum Gasteiger partial charge on any atom is -0.296 e. The lowest BCUT2D eigenvalue weighted by molar-refractivity contribution is 0.0950. The van der Waals surface area contributed by atoms with Gasteiger partial charge >= 0.3 is 0 Å². The Hall–Kier alpha value is -2.43. The molecule has 0 amide bonds. The second kappa shape index (κ2) is 6.63. The number of nitrogens with zero attached hydrogens (tertiary/aromatic N) is 3. The van der Waals surface area contributed by atoms with Gasteiger partial charge in [-0.25, -0.2) is 0 Å². The number of para-hydroxylation sites is 1. The molecule has 0 spiro atoms. The van der Waals surface area contributed by atoms with Gasteiger partial charge in [0.2, 0.25) is 0 Å². The number of carbonyl (C=O) groups excluding carboxylic acids is 1. The predicted molar refractivity (Wildman–Crippen MR) is 108 cm³/mol. The van der Waals surface area contributed by atoms with Crippen LogP contribution in [0.15, 0.2) is 54.6 Å². The topological polar surface area (TPSA) is 38.1 Å². The van der Waals surface area contributed by atoms with Gasteiger partial charge in [0, 0.05) is 18.0 Å². The van der Waals surface area contributed by atoms with Crippen LogP contribution in [0, 0.1) is 0 Å². The van der Waals surface area contributed by atoms with E-state index in [9.17, 15) is 4.79 Å². The zero-order valence-corrected chi connectivity index (χ0v) is 15.7. The number of hydrogen-bond acceptors (Lipinski definition) is 3. The van der Waals surface area contributed by atoms with E-state index in [0.717, 1.165) is 29.6 Å². The van der Waals surface area contributed by atoms with Gasteiger partial charge in [0.05, 0.1) is 21.8 Å². The third-order valence-corrected chi connectivity index (χ3v) is 6.04. The van der Waals surface area contributed by atoms with Crippen LogP contribution < -0.4 is 0 Å². The van der Waals surface area contributed by atoms with Crippen molar-refractivity contribution in [1.29, 1.82) is 0 Å². The zero-order chi connectivity index (χ0) is 18.4. The number of aromatic nitrogens is 2. The molecule has 3 heterocycles. The highest BCUT2D eigenvalue weighted by molar-refractivity contribution is 6.34. The fourth-order valence-electron chi connectivity index (χ4n) is 4.33. The van der Waals surface area contributed by atoms with E-state index in [-0.39, 0.29) is 5.91 Å². The maximum Gasteiger partial charge on any atom is 0.280 e. The summed E-state index contributed by atoms with van der Waals surface area (Å²) in [6.45, 7) is 2.16. The fraction of sp³-hybridized carbons (Fsp3) is 0.273. The van der Waals surface area contributed by atoms with E-state index in [1.807, 2.05) is 30.3 Å². The summed E-state index contributed by atoms with van der Waals surface area (Å²) in [5, 5.41) is 6.24. The molecule has 0 radical (unpaired) electrons. The summed E-state index contributed by atoms with van der Waals surface area (Å²) in [6.07, 6.45) is 5.79. The van der Waals surface area contributed by atoms with Crippen molar-refractivity contribution in [2.75, 3.05) is 13.1 Å². The molecule has 2 aliphatic heterocycles. The van der Waals surface area contributed by atoms with Crippen molar-refractivity contribution in [3.05, 3.63) is 70.9 Å². The molecule has 136 valence electrons. The van der Waals surface area contributed by atoms with E-state index in [1.54, 1.807) is 12.1 Å². The van der Waals surface area contributed by atoms with Gasteiger partial charge in [-0.15, -0.1) is 0 Å². The van der Waals surface area contributed by atoms with Crippen molar-refractivity contribution in [3.8, 4) is 0 Å². The number of hydrogen-bond donors (Lipinski definition) is 0. The molecule has 2 aliphatic rings. The number of carbonyl (C=O) groups is 1.